The van der Waals surface area contributed by atoms with Crippen LogP contribution in [0.4, 0.5) is 0 Å². The molecule has 0 unspecified atom stereocenters. The molecule has 0 aliphatic rings. The highest BCUT2D eigenvalue weighted by molar-refractivity contribution is 7.09. The molecular formula is C17H22N2O4S. The van der Waals surface area contributed by atoms with Crippen molar-refractivity contribution in [1.82, 2.24) is 9.88 Å². The molecule has 2 aromatic rings. The van der Waals surface area contributed by atoms with Crippen molar-refractivity contribution in [2.45, 2.75) is 26.4 Å². The summed E-state index contributed by atoms with van der Waals surface area (Å²) in [7, 11) is 4.81. The van der Waals surface area contributed by atoms with Crippen molar-refractivity contribution in [3.05, 3.63) is 39.3 Å². The highest BCUT2D eigenvalue weighted by Crippen LogP contribution is 2.38. The maximum Gasteiger partial charge on any atom is 0.325 e. The van der Waals surface area contributed by atoms with E-state index in [-0.39, 0.29) is 0 Å². The monoisotopic (exact) mass is 350 g/mol. The predicted molar refractivity (Wildman–Crippen MR) is 93.0 cm³/mol. The smallest absolute Gasteiger partial charge is 0.325 e. The summed E-state index contributed by atoms with van der Waals surface area (Å²) in [4.78, 5) is 18.1. The van der Waals surface area contributed by atoms with Gasteiger partial charge in [-0.3, -0.25) is 9.69 Å². The number of hydrogen-bond acceptors (Lipinski definition) is 6. The highest BCUT2D eigenvalue weighted by Gasteiger charge is 2.31. The quantitative estimate of drug-likeness (QED) is 0.827. The number of benzene rings is 1. The van der Waals surface area contributed by atoms with Gasteiger partial charge in [0.25, 0.3) is 0 Å². The third-order valence-electron chi connectivity index (χ3n) is 3.71. The van der Waals surface area contributed by atoms with Crippen molar-refractivity contribution in [2.75, 3.05) is 21.3 Å². The molecule has 7 heteroatoms. The molecule has 0 bridgehead atoms. The molecule has 0 saturated heterocycles. The summed E-state index contributed by atoms with van der Waals surface area (Å²) in [6.07, 6.45) is 0. The van der Waals surface area contributed by atoms with Crippen LogP contribution in [-0.4, -0.2) is 42.2 Å². The number of carboxylic acids is 1. The summed E-state index contributed by atoms with van der Waals surface area (Å²) in [5, 5.41) is 12.7. The molecule has 1 N–H and O–H groups in total. The summed E-state index contributed by atoms with van der Waals surface area (Å²) in [6.45, 7) is 4.25. The number of aryl methyl sites for hydroxylation is 2. The van der Waals surface area contributed by atoms with Crippen LogP contribution in [0.1, 0.15) is 27.9 Å². The number of carbonyl (C=O) groups is 1. The van der Waals surface area contributed by atoms with Gasteiger partial charge in [0.15, 0.2) is 0 Å². The SMILES string of the molecule is COc1cc(C)cc(OC)c1[C@@H](C(=O)O)N(C)Cc1csc(C)n1. The number of carboxylic acid groups (broad SMARTS) is 1. The zero-order valence-corrected chi connectivity index (χ0v) is 15.3. The van der Waals surface area contributed by atoms with Gasteiger partial charge < -0.3 is 14.6 Å². The molecule has 1 atom stereocenters. The summed E-state index contributed by atoms with van der Waals surface area (Å²) in [5.41, 5.74) is 2.29. The lowest BCUT2D eigenvalue weighted by Gasteiger charge is -2.27. The van der Waals surface area contributed by atoms with Crippen LogP contribution in [-0.2, 0) is 11.3 Å². The number of aromatic nitrogens is 1. The Kier molecular flexibility index (Phi) is 5.80. The van der Waals surface area contributed by atoms with Crippen LogP contribution in [0.5, 0.6) is 11.5 Å². The third-order valence-corrected chi connectivity index (χ3v) is 4.54. The van der Waals surface area contributed by atoms with Crippen LogP contribution in [0.15, 0.2) is 17.5 Å². The zero-order chi connectivity index (χ0) is 17.9. The molecular weight excluding hydrogens is 328 g/mol. The molecule has 0 spiro atoms. The van der Waals surface area contributed by atoms with E-state index in [1.165, 1.54) is 14.2 Å². The lowest BCUT2D eigenvalue weighted by molar-refractivity contribution is -0.143. The van der Waals surface area contributed by atoms with Gasteiger partial charge in [0.2, 0.25) is 0 Å². The molecule has 0 saturated carbocycles. The van der Waals surface area contributed by atoms with Gasteiger partial charge in [0.05, 0.1) is 30.5 Å². The summed E-state index contributed by atoms with van der Waals surface area (Å²) >= 11 is 1.54. The first-order valence-corrected chi connectivity index (χ1v) is 8.32. The zero-order valence-electron chi connectivity index (χ0n) is 14.5. The van der Waals surface area contributed by atoms with Crippen LogP contribution in [0.3, 0.4) is 0 Å². The van der Waals surface area contributed by atoms with Gasteiger partial charge in [-0.15, -0.1) is 11.3 Å². The van der Waals surface area contributed by atoms with Crippen molar-refractivity contribution in [2.24, 2.45) is 0 Å². The minimum Gasteiger partial charge on any atom is -0.496 e. The summed E-state index contributed by atoms with van der Waals surface area (Å²) in [5.74, 6) is 0.0334. The van der Waals surface area contributed by atoms with E-state index in [0.717, 1.165) is 16.3 Å². The second-order valence-electron chi connectivity index (χ2n) is 5.60. The molecule has 1 aromatic carbocycles. The van der Waals surface area contributed by atoms with Gasteiger partial charge in [-0.25, -0.2) is 4.98 Å². The van der Waals surface area contributed by atoms with Crippen molar-refractivity contribution in [3.8, 4) is 11.5 Å². The van der Waals surface area contributed by atoms with Crippen LogP contribution < -0.4 is 9.47 Å². The highest BCUT2D eigenvalue weighted by atomic mass is 32.1. The Balaban J connectivity index is 2.45. The second-order valence-corrected chi connectivity index (χ2v) is 6.66. The summed E-state index contributed by atoms with van der Waals surface area (Å²) in [6, 6.07) is 2.72. The number of likely N-dealkylation sites (N-methyl/N-ethyl adjacent to an activating group) is 1. The van der Waals surface area contributed by atoms with E-state index < -0.39 is 12.0 Å². The van der Waals surface area contributed by atoms with Crippen LogP contribution in [0.2, 0.25) is 0 Å². The number of thiazole rings is 1. The molecule has 6 nitrogen and oxygen atoms in total. The van der Waals surface area contributed by atoms with E-state index in [2.05, 4.69) is 4.98 Å². The molecule has 0 aliphatic carbocycles. The topological polar surface area (TPSA) is 71.9 Å². The first-order chi connectivity index (χ1) is 11.4. The molecule has 130 valence electrons. The minimum absolute atomic E-state index is 0.418. The Morgan fingerprint density at radius 1 is 1.29 bits per heavy atom. The van der Waals surface area contributed by atoms with Crippen molar-refractivity contribution in [3.63, 3.8) is 0 Å². The van der Waals surface area contributed by atoms with Crippen molar-refractivity contribution in [1.29, 1.82) is 0 Å². The average molecular weight is 350 g/mol. The van der Waals surface area contributed by atoms with Gasteiger partial charge in [-0.1, -0.05) is 0 Å². The Bertz CT molecular complexity index is 704. The molecule has 0 amide bonds. The Morgan fingerprint density at radius 3 is 2.29 bits per heavy atom. The van der Waals surface area contributed by atoms with E-state index in [4.69, 9.17) is 9.47 Å². The number of ether oxygens (including phenoxy) is 2. The molecule has 0 fully saturated rings. The fraction of sp³-hybridized carbons (Fsp3) is 0.412. The summed E-state index contributed by atoms with van der Waals surface area (Å²) < 4.78 is 10.8. The Labute approximate surface area is 145 Å². The van der Waals surface area contributed by atoms with Crippen molar-refractivity contribution < 1.29 is 19.4 Å². The lowest BCUT2D eigenvalue weighted by Crippen LogP contribution is -2.31. The van der Waals surface area contributed by atoms with E-state index in [1.807, 2.05) is 31.4 Å². The van der Waals surface area contributed by atoms with Crippen LogP contribution in [0.25, 0.3) is 0 Å². The number of rotatable bonds is 7. The molecule has 1 heterocycles. The van der Waals surface area contributed by atoms with E-state index in [1.54, 1.807) is 23.3 Å². The molecule has 1 aromatic heterocycles. The van der Waals surface area contributed by atoms with E-state index >= 15 is 0 Å². The molecule has 2 rings (SSSR count). The fourth-order valence-electron chi connectivity index (χ4n) is 2.70. The van der Waals surface area contributed by atoms with Gasteiger partial charge in [0.1, 0.15) is 17.5 Å². The maximum absolute atomic E-state index is 12.0. The average Bonchev–Trinajstić information content (AvgIpc) is 2.92. The van der Waals surface area contributed by atoms with Crippen LogP contribution in [0, 0.1) is 13.8 Å². The molecule has 24 heavy (non-hydrogen) atoms. The van der Waals surface area contributed by atoms with E-state index in [0.29, 0.717) is 23.6 Å². The maximum atomic E-state index is 12.0. The molecule has 0 radical (unpaired) electrons. The minimum atomic E-state index is -0.968. The number of nitrogens with zero attached hydrogens (tertiary/aromatic N) is 2. The Morgan fingerprint density at radius 2 is 1.88 bits per heavy atom. The predicted octanol–water partition coefficient (Wildman–Crippen LogP) is 3.03. The number of hydrogen-bond donors (Lipinski definition) is 1. The van der Waals surface area contributed by atoms with Gasteiger partial charge in [-0.2, -0.15) is 0 Å². The lowest BCUT2D eigenvalue weighted by atomic mass is 10.0. The first-order valence-electron chi connectivity index (χ1n) is 7.44. The molecule has 0 aliphatic heterocycles. The van der Waals surface area contributed by atoms with Gasteiger partial charge in [0, 0.05) is 11.9 Å². The third kappa shape index (κ3) is 3.85. The van der Waals surface area contributed by atoms with E-state index in [9.17, 15) is 9.90 Å². The fourth-order valence-corrected chi connectivity index (χ4v) is 3.30. The van der Waals surface area contributed by atoms with Crippen molar-refractivity contribution >= 4 is 17.3 Å². The van der Waals surface area contributed by atoms with Crippen LogP contribution >= 0.6 is 11.3 Å². The first kappa shape index (κ1) is 18.2. The standard InChI is InChI=1S/C17H22N2O4S/c1-10-6-13(22-4)15(14(7-10)23-5)16(17(20)21)19(3)8-12-9-24-11(2)18-12/h6-7,9,16H,8H2,1-5H3,(H,20,21)/t16-/m0/s1. The second kappa shape index (κ2) is 7.63. The van der Waals surface area contributed by atoms with Gasteiger partial charge in [-0.05, 0) is 38.6 Å². The number of methoxy groups -OCH3 is 2. The largest absolute Gasteiger partial charge is 0.496 e. The Hall–Kier alpha value is -2.12. The van der Waals surface area contributed by atoms with Gasteiger partial charge >= 0.3 is 5.97 Å². The normalized spacial score (nSPS) is 12.2. The number of aliphatic carboxylic acids is 1.